The Morgan fingerprint density at radius 1 is 0.914 bits per heavy atom. The number of hydrogen-bond acceptors (Lipinski definition) is 7. The highest BCUT2D eigenvalue weighted by atomic mass is 32.2. The van der Waals surface area contributed by atoms with Crippen LogP contribution in [0.1, 0.15) is 17.3 Å². The zero-order valence-electron chi connectivity index (χ0n) is 19.6. The topological polar surface area (TPSA) is 111 Å². The first kappa shape index (κ1) is 25.6. The minimum absolute atomic E-state index is 0.0106. The van der Waals surface area contributed by atoms with Gasteiger partial charge in [0.15, 0.2) is 0 Å². The Hall–Kier alpha value is -4.05. The number of nitrogens with zero attached hydrogens (tertiary/aromatic N) is 1. The van der Waals surface area contributed by atoms with Gasteiger partial charge in [0.25, 0.3) is 10.0 Å². The molecule has 0 heterocycles. The van der Waals surface area contributed by atoms with Gasteiger partial charge in [0.2, 0.25) is 5.91 Å². The lowest BCUT2D eigenvalue weighted by molar-refractivity contribution is -0.114. The molecule has 1 N–H and O–H groups in total. The maximum absolute atomic E-state index is 13.6. The van der Waals surface area contributed by atoms with Gasteiger partial charge in [0, 0.05) is 11.8 Å². The summed E-state index contributed by atoms with van der Waals surface area (Å²) in [6.07, 6.45) is 0. The zero-order chi connectivity index (χ0) is 25.4. The molecule has 35 heavy (non-hydrogen) atoms. The molecule has 0 aliphatic rings. The van der Waals surface area contributed by atoms with Gasteiger partial charge in [-0.1, -0.05) is 18.2 Å². The number of esters is 1. The van der Waals surface area contributed by atoms with E-state index < -0.39 is 28.4 Å². The van der Waals surface area contributed by atoms with Crippen LogP contribution in [0.15, 0.2) is 77.7 Å². The predicted octanol–water partition coefficient (Wildman–Crippen LogP) is 3.71. The number of hydrogen-bond donors (Lipinski definition) is 1. The van der Waals surface area contributed by atoms with E-state index in [1.807, 2.05) is 0 Å². The molecule has 0 saturated heterocycles. The van der Waals surface area contributed by atoms with Crippen molar-refractivity contribution in [2.24, 2.45) is 0 Å². The van der Waals surface area contributed by atoms with Gasteiger partial charge in [-0.05, 0) is 55.5 Å². The predicted molar refractivity (Wildman–Crippen MR) is 132 cm³/mol. The Labute approximate surface area is 204 Å². The molecule has 1 amide bonds. The van der Waals surface area contributed by atoms with Crippen LogP contribution in [0.25, 0.3) is 0 Å². The molecule has 3 aromatic carbocycles. The van der Waals surface area contributed by atoms with Gasteiger partial charge < -0.3 is 19.5 Å². The number of amides is 1. The van der Waals surface area contributed by atoms with Crippen LogP contribution in [0, 0.1) is 0 Å². The van der Waals surface area contributed by atoms with Crippen molar-refractivity contribution in [2.75, 3.05) is 37.0 Å². The Bertz CT molecular complexity index is 1280. The van der Waals surface area contributed by atoms with Crippen molar-refractivity contribution in [3.8, 4) is 11.5 Å². The van der Waals surface area contributed by atoms with Crippen LogP contribution in [-0.4, -0.2) is 47.7 Å². The van der Waals surface area contributed by atoms with E-state index in [9.17, 15) is 18.0 Å². The molecule has 0 aliphatic carbocycles. The van der Waals surface area contributed by atoms with Crippen molar-refractivity contribution in [1.82, 2.24) is 0 Å². The second-order valence-electron chi connectivity index (χ2n) is 7.21. The van der Waals surface area contributed by atoms with Crippen LogP contribution in [0.3, 0.4) is 0 Å². The fraction of sp³-hybridized carbons (Fsp3) is 0.200. The molecular formula is C25H26N2O7S. The molecular weight excluding hydrogens is 472 g/mol. The van der Waals surface area contributed by atoms with Crippen LogP contribution in [0.5, 0.6) is 11.5 Å². The lowest BCUT2D eigenvalue weighted by Crippen LogP contribution is -2.38. The van der Waals surface area contributed by atoms with Crippen LogP contribution >= 0.6 is 0 Å². The Morgan fingerprint density at radius 3 is 2.20 bits per heavy atom. The first-order chi connectivity index (χ1) is 16.8. The van der Waals surface area contributed by atoms with E-state index in [1.165, 1.54) is 56.7 Å². The largest absolute Gasteiger partial charge is 0.497 e. The van der Waals surface area contributed by atoms with Gasteiger partial charge in [-0.2, -0.15) is 0 Å². The number of methoxy groups -OCH3 is 2. The minimum Gasteiger partial charge on any atom is -0.497 e. The van der Waals surface area contributed by atoms with Crippen LogP contribution in [0.2, 0.25) is 0 Å². The molecule has 0 unspecified atom stereocenters. The minimum atomic E-state index is -4.15. The number of sulfonamides is 1. The van der Waals surface area contributed by atoms with E-state index in [0.717, 1.165) is 4.31 Å². The van der Waals surface area contributed by atoms with Gasteiger partial charge in [-0.15, -0.1) is 0 Å². The fourth-order valence-corrected chi connectivity index (χ4v) is 4.69. The van der Waals surface area contributed by atoms with Crippen molar-refractivity contribution in [3.05, 3.63) is 78.4 Å². The summed E-state index contributed by atoms with van der Waals surface area (Å²) >= 11 is 0. The van der Waals surface area contributed by atoms with Crippen molar-refractivity contribution >= 4 is 33.3 Å². The highest BCUT2D eigenvalue weighted by Crippen LogP contribution is 2.35. The molecule has 9 nitrogen and oxygen atoms in total. The number of ether oxygens (including phenoxy) is 3. The number of anilines is 2. The molecule has 0 bridgehead atoms. The van der Waals surface area contributed by atoms with Gasteiger partial charge in [0.05, 0.1) is 37.0 Å². The SMILES string of the molecule is CCOC(=O)c1ccc(NC(=O)CN(c2cc(OC)ccc2OC)S(=O)(=O)c2ccccc2)cc1. The van der Waals surface area contributed by atoms with Crippen LogP contribution in [0.4, 0.5) is 11.4 Å². The molecule has 0 radical (unpaired) electrons. The lowest BCUT2D eigenvalue weighted by atomic mass is 10.2. The first-order valence-electron chi connectivity index (χ1n) is 10.7. The Morgan fingerprint density at radius 2 is 1.60 bits per heavy atom. The molecule has 0 aromatic heterocycles. The van der Waals surface area contributed by atoms with Crippen LogP contribution in [-0.2, 0) is 19.6 Å². The summed E-state index contributed by atoms with van der Waals surface area (Å²) < 4.78 is 43.7. The summed E-state index contributed by atoms with van der Waals surface area (Å²) in [5.41, 5.74) is 0.862. The van der Waals surface area contributed by atoms with E-state index in [1.54, 1.807) is 37.3 Å². The number of carbonyl (C=O) groups excluding carboxylic acids is 2. The monoisotopic (exact) mass is 498 g/mol. The number of benzene rings is 3. The van der Waals surface area contributed by atoms with Crippen molar-refractivity contribution < 1.29 is 32.2 Å². The molecule has 0 fully saturated rings. The highest BCUT2D eigenvalue weighted by Gasteiger charge is 2.30. The van der Waals surface area contributed by atoms with Gasteiger partial charge in [0.1, 0.15) is 18.0 Å². The first-order valence-corrected chi connectivity index (χ1v) is 12.1. The summed E-state index contributed by atoms with van der Waals surface area (Å²) in [5.74, 6) is -0.435. The van der Waals surface area contributed by atoms with Gasteiger partial charge >= 0.3 is 5.97 Å². The van der Waals surface area contributed by atoms with Crippen molar-refractivity contribution in [1.29, 1.82) is 0 Å². The van der Waals surface area contributed by atoms with E-state index in [4.69, 9.17) is 14.2 Å². The second kappa shape index (κ2) is 11.4. The Kier molecular flexibility index (Phi) is 8.32. The molecule has 184 valence electrons. The zero-order valence-corrected chi connectivity index (χ0v) is 20.4. The smallest absolute Gasteiger partial charge is 0.338 e. The molecule has 3 aromatic rings. The standard InChI is InChI=1S/C25H26N2O7S/c1-4-34-25(29)18-10-12-19(13-11-18)26-24(28)17-27(35(30,31)21-8-6-5-7-9-21)22-16-20(32-2)14-15-23(22)33-3/h5-16H,4,17H2,1-3H3,(H,26,28). The molecule has 0 aliphatic heterocycles. The number of carbonyl (C=O) groups is 2. The quantitative estimate of drug-likeness (QED) is 0.424. The summed E-state index contributed by atoms with van der Waals surface area (Å²) in [6.45, 7) is 1.41. The molecule has 0 saturated carbocycles. The number of nitrogens with one attached hydrogen (secondary N) is 1. The Balaban J connectivity index is 1.93. The molecule has 0 atom stereocenters. The maximum atomic E-state index is 13.6. The van der Waals surface area contributed by atoms with Crippen LogP contribution < -0.4 is 19.1 Å². The lowest BCUT2D eigenvalue weighted by Gasteiger charge is -2.26. The highest BCUT2D eigenvalue weighted by molar-refractivity contribution is 7.92. The average Bonchev–Trinajstić information content (AvgIpc) is 2.88. The second-order valence-corrected chi connectivity index (χ2v) is 9.07. The van der Waals surface area contributed by atoms with E-state index in [2.05, 4.69) is 5.32 Å². The van der Waals surface area contributed by atoms with E-state index in [-0.39, 0.29) is 22.9 Å². The number of rotatable bonds is 10. The average molecular weight is 499 g/mol. The fourth-order valence-electron chi connectivity index (χ4n) is 3.25. The van der Waals surface area contributed by atoms with Gasteiger partial charge in [-0.25, -0.2) is 13.2 Å². The summed E-state index contributed by atoms with van der Waals surface area (Å²) in [6, 6.07) is 18.5. The van der Waals surface area contributed by atoms with E-state index >= 15 is 0 Å². The third-order valence-corrected chi connectivity index (χ3v) is 6.73. The summed E-state index contributed by atoms with van der Waals surface area (Å²) in [7, 11) is -1.29. The maximum Gasteiger partial charge on any atom is 0.338 e. The molecule has 3 rings (SSSR count). The molecule has 10 heteroatoms. The molecule has 0 spiro atoms. The van der Waals surface area contributed by atoms with E-state index in [0.29, 0.717) is 17.0 Å². The summed E-state index contributed by atoms with van der Waals surface area (Å²) in [4.78, 5) is 24.8. The third-order valence-electron chi connectivity index (χ3n) is 4.95. The summed E-state index contributed by atoms with van der Waals surface area (Å²) in [5, 5.41) is 2.66. The normalized spacial score (nSPS) is 10.8. The third kappa shape index (κ3) is 6.10. The van der Waals surface area contributed by atoms with Crippen molar-refractivity contribution in [2.45, 2.75) is 11.8 Å². The van der Waals surface area contributed by atoms with Crippen molar-refractivity contribution in [3.63, 3.8) is 0 Å². The van der Waals surface area contributed by atoms with Gasteiger partial charge in [-0.3, -0.25) is 9.10 Å².